The van der Waals surface area contributed by atoms with Crippen LogP contribution in [-0.2, 0) is 11.2 Å². The van der Waals surface area contributed by atoms with E-state index in [1.54, 1.807) is 14.2 Å². The molecular formula is C21H20ClNO4. The Bertz CT molecular complexity index is 947. The van der Waals surface area contributed by atoms with E-state index in [0.717, 1.165) is 22.6 Å². The molecule has 3 rings (SSSR count). The highest BCUT2D eigenvalue weighted by molar-refractivity contribution is 6.30. The number of aryl methyl sites for hydroxylation is 1. The topological polar surface area (TPSA) is 60.7 Å². The first-order chi connectivity index (χ1) is 13.0. The highest BCUT2D eigenvalue weighted by atomic mass is 35.5. The van der Waals surface area contributed by atoms with Crippen molar-refractivity contribution in [3.05, 3.63) is 65.3 Å². The number of aliphatic carboxylic acids is 1. The van der Waals surface area contributed by atoms with Crippen LogP contribution < -0.4 is 9.47 Å². The van der Waals surface area contributed by atoms with Crippen molar-refractivity contribution < 1.29 is 19.4 Å². The first-order valence-corrected chi connectivity index (χ1v) is 8.82. The van der Waals surface area contributed by atoms with E-state index in [-0.39, 0.29) is 6.42 Å². The Morgan fingerprint density at radius 1 is 1.04 bits per heavy atom. The van der Waals surface area contributed by atoms with Crippen LogP contribution in [0.15, 0.2) is 54.6 Å². The second kappa shape index (κ2) is 8.18. The maximum atomic E-state index is 11.1. The van der Waals surface area contributed by atoms with Gasteiger partial charge < -0.3 is 19.1 Å². The number of carbonyl (C=O) groups is 1. The number of ether oxygens (including phenoxy) is 2. The highest BCUT2D eigenvalue weighted by Crippen LogP contribution is 2.34. The fourth-order valence-electron chi connectivity index (χ4n) is 3.01. The van der Waals surface area contributed by atoms with Gasteiger partial charge in [0.2, 0.25) is 0 Å². The molecule has 0 saturated heterocycles. The van der Waals surface area contributed by atoms with Crippen molar-refractivity contribution in [1.82, 2.24) is 4.57 Å². The van der Waals surface area contributed by atoms with Crippen molar-refractivity contribution in [2.24, 2.45) is 0 Å². The fraction of sp³-hybridized carbons (Fsp3) is 0.190. The molecule has 3 aromatic rings. The van der Waals surface area contributed by atoms with Gasteiger partial charge in [0.1, 0.15) is 11.5 Å². The van der Waals surface area contributed by atoms with Crippen molar-refractivity contribution in [3.63, 3.8) is 0 Å². The number of benzene rings is 2. The van der Waals surface area contributed by atoms with E-state index in [2.05, 4.69) is 0 Å². The average molecular weight is 386 g/mol. The third-order valence-corrected chi connectivity index (χ3v) is 4.58. The minimum Gasteiger partial charge on any atom is -0.497 e. The molecule has 0 aliphatic carbocycles. The Morgan fingerprint density at radius 2 is 1.78 bits per heavy atom. The van der Waals surface area contributed by atoms with Crippen LogP contribution in [-0.4, -0.2) is 29.9 Å². The van der Waals surface area contributed by atoms with Gasteiger partial charge in [-0.05, 0) is 48.4 Å². The molecule has 0 amide bonds. The fourth-order valence-corrected chi connectivity index (χ4v) is 3.14. The summed E-state index contributed by atoms with van der Waals surface area (Å²) in [6.07, 6.45) is 0.445. The lowest BCUT2D eigenvalue weighted by molar-refractivity contribution is -0.136. The Balaban J connectivity index is 2.17. The van der Waals surface area contributed by atoms with Crippen molar-refractivity contribution in [1.29, 1.82) is 0 Å². The lowest BCUT2D eigenvalue weighted by Crippen LogP contribution is -2.07. The maximum Gasteiger partial charge on any atom is 0.303 e. The van der Waals surface area contributed by atoms with Crippen LogP contribution in [0, 0.1) is 0 Å². The van der Waals surface area contributed by atoms with E-state index >= 15 is 0 Å². The molecule has 0 aliphatic heterocycles. The number of hydrogen-bond donors (Lipinski definition) is 1. The molecule has 1 N–H and O–H groups in total. The van der Waals surface area contributed by atoms with Gasteiger partial charge in [-0.1, -0.05) is 23.7 Å². The van der Waals surface area contributed by atoms with E-state index in [4.69, 9.17) is 26.2 Å². The summed E-state index contributed by atoms with van der Waals surface area (Å²) in [7, 11) is 3.20. The molecule has 0 aliphatic rings. The summed E-state index contributed by atoms with van der Waals surface area (Å²) in [6.45, 7) is 0. The number of aromatic nitrogens is 1. The number of carboxylic acids is 1. The molecule has 0 radical (unpaired) electrons. The van der Waals surface area contributed by atoms with Gasteiger partial charge in [-0.15, -0.1) is 0 Å². The Kier molecular flexibility index (Phi) is 5.72. The van der Waals surface area contributed by atoms with Gasteiger partial charge in [0.25, 0.3) is 0 Å². The number of rotatable bonds is 7. The van der Waals surface area contributed by atoms with Crippen LogP contribution in [0.4, 0.5) is 0 Å². The van der Waals surface area contributed by atoms with Gasteiger partial charge in [-0.3, -0.25) is 4.79 Å². The van der Waals surface area contributed by atoms with E-state index in [9.17, 15) is 4.79 Å². The summed E-state index contributed by atoms with van der Waals surface area (Å²) in [5.74, 6) is 0.484. The average Bonchev–Trinajstić information content (AvgIpc) is 3.10. The van der Waals surface area contributed by atoms with Crippen LogP contribution in [0.5, 0.6) is 11.5 Å². The first kappa shape index (κ1) is 18.9. The largest absolute Gasteiger partial charge is 0.497 e. The van der Waals surface area contributed by atoms with Crippen molar-refractivity contribution >= 4 is 17.6 Å². The van der Waals surface area contributed by atoms with Crippen LogP contribution in [0.1, 0.15) is 12.1 Å². The normalized spacial score (nSPS) is 10.6. The Labute approximate surface area is 162 Å². The molecule has 6 heteroatoms. The van der Waals surface area contributed by atoms with Crippen LogP contribution in [0.2, 0.25) is 5.02 Å². The zero-order chi connectivity index (χ0) is 19.4. The number of methoxy groups -OCH3 is 2. The van der Waals surface area contributed by atoms with Crippen LogP contribution in [0.3, 0.4) is 0 Å². The van der Waals surface area contributed by atoms with Crippen LogP contribution >= 0.6 is 11.6 Å². The molecule has 1 aromatic heterocycles. The summed E-state index contributed by atoms with van der Waals surface area (Å²) in [6, 6.07) is 17.0. The molecule has 0 atom stereocenters. The number of halogens is 1. The Hall–Kier alpha value is -2.92. The molecule has 0 saturated carbocycles. The summed E-state index contributed by atoms with van der Waals surface area (Å²) in [5.41, 5.74) is 3.59. The monoisotopic (exact) mass is 385 g/mol. The second-order valence-electron chi connectivity index (χ2n) is 5.98. The number of nitrogens with zero attached hydrogens (tertiary/aromatic N) is 1. The highest BCUT2D eigenvalue weighted by Gasteiger charge is 2.17. The molecule has 0 fully saturated rings. The molecule has 0 spiro atoms. The number of carboxylic acid groups (broad SMARTS) is 1. The molecule has 5 nitrogen and oxygen atoms in total. The predicted octanol–water partition coefficient (Wildman–Crippen LogP) is 4.83. The minimum atomic E-state index is -0.836. The van der Waals surface area contributed by atoms with Gasteiger partial charge in [0.15, 0.2) is 0 Å². The van der Waals surface area contributed by atoms with E-state index in [0.29, 0.717) is 22.9 Å². The predicted molar refractivity (Wildman–Crippen MR) is 105 cm³/mol. The van der Waals surface area contributed by atoms with Crippen molar-refractivity contribution in [2.45, 2.75) is 12.8 Å². The maximum absolute atomic E-state index is 11.1. The summed E-state index contributed by atoms with van der Waals surface area (Å²) >= 11 is 6.02. The van der Waals surface area contributed by atoms with Gasteiger partial charge >= 0.3 is 5.97 Å². The minimum absolute atomic E-state index is 0.0442. The summed E-state index contributed by atoms with van der Waals surface area (Å²) in [5, 5.41) is 9.75. The van der Waals surface area contributed by atoms with E-state index in [1.807, 2.05) is 59.2 Å². The van der Waals surface area contributed by atoms with Crippen LogP contribution in [0.25, 0.3) is 16.9 Å². The quantitative estimate of drug-likeness (QED) is 0.632. The standard InChI is InChI=1S/C21H20ClNO4/c1-26-17-9-11-19(20(13-17)27-2)23-16(8-12-21(24)25)7-10-18(23)14-3-5-15(22)6-4-14/h3-7,9-11,13H,8,12H2,1-2H3,(H,24,25). The van der Waals surface area contributed by atoms with Gasteiger partial charge in [0, 0.05) is 16.8 Å². The van der Waals surface area contributed by atoms with Gasteiger partial charge in [0.05, 0.1) is 32.0 Å². The molecule has 0 bridgehead atoms. The molecule has 140 valence electrons. The van der Waals surface area contributed by atoms with Crippen molar-refractivity contribution in [2.75, 3.05) is 14.2 Å². The SMILES string of the molecule is COc1ccc(-n2c(CCC(=O)O)ccc2-c2ccc(Cl)cc2)c(OC)c1. The molecule has 2 aromatic carbocycles. The molecule has 27 heavy (non-hydrogen) atoms. The third kappa shape index (κ3) is 4.09. The van der Waals surface area contributed by atoms with Gasteiger partial charge in [-0.2, -0.15) is 0 Å². The van der Waals surface area contributed by atoms with E-state index in [1.165, 1.54) is 0 Å². The van der Waals surface area contributed by atoms with Crippen molar-refractivity contribution in [3.8, 4) is 28.4 Å². The zero-order valence-electron chi connectivity index (χ0n) is 15.1. The van der Waals surface area contributed by atoms with E-state index < -0.39 is 5.97 Å². The summed E-state index contributed by atoms with van der Waals surface area (Å²) in [4.78, 5) is 11.1. The lowest BCUT2D eigenvalue weighted by Gasteiger charge is -2.17. The van der Waals surface area contributed by atoms with Gasteiger partial charge in [-0.25, -0.2) is 0 Å². The Morgan fingerprint density at radius 3 is 2.41 bits per heavy atom. The lowest BCUT2D eigenvalue weighted by atomic mass is 10.1. The molecular weight excluding hydrogens is 366 g/mol. The zero-order valence-corrected chi connectivity index (χ0v) is 15.9. The summed E-state index contributed by atoms with van der Waals surface area (Å²) < 4.78 is 12.9. The molecule has 1 heterocycles. The first-order valence-electron chi connectivity index (χ1n) is 8.44. The number of hydrogen-bond acceptors (Lipinski definition) is 3. The smallest absolute Gasteiger partial charge is 0.303 e. The third-order valence-electron chi connectivity index (χ3n) is 4.32. The second-order valence-corrected chi connectivity index (χ2v) is 6.42. The molecule has 0 unspecified atom stereocenters.